The van der Waals surface area contributed by atoms with Gasteiger partial charge in [-0.15, -0.1) is 0 Å². The monoisotopic (exact) mass is 457 g/mol. The number of benzene rings is 3. The van der Waals surface area contributed by atoms with Gasteiger partial charge in [-0.2, -0.15) is 0 Å². The minimum atomic E-state index is -0.304. The Hall–Kier alpha value is -3.51. The third-order valence-corrected chi connectivity index (χ3v) is 6.81. The van der Waals surface area contributed by atoms with Gasteiger partial charge in [0.05, 0.1) is 7.11 Å². The van der Waals surface area contributed by atoms with Gasteiger partial charge in [0.15, 0.2) is 0 Å². The van der Waals surface area contributed by atoms with Crippen LogP contribution in [0.15, 0.2) is 66.7 Å². The van der Waals surface area contributed by atoms with E-state index in [9.17, 15) is 4.79 Å². The molecule has 2 aliphatic rings. The number of likely N-dealkylation sites (N-methyl/N-ethyl adjacent to an activating group) is 1. The lowest BCUT2D eigenvalue weighted by Gasteiger charge is -2.34. The zero-order valence-electron chi connectivity index (χ0n) is 19.9. The fourth-order valence-electron chi connectivity index (χ4n) is 4.69. The number of anilines is 1. The van der Waals surface area contributed by atoms with E-state index < -0.39 is 0 Å². The Morgan fingerprint density at radius 1 is 0.882 bits per heavy atom. The van der Waals surface area contributed by atoms with Crippen molar-refractivity contribution < 1.29 is 14.3 Å². The predicted molar refractivity (Wildman–Crippen MR) is 137 cm³/mol. The molecule has 1 saturated heterocycles. The minimum absolute atomic E-state index is 0.304. The standard InChI is InChI=1S/C28H31N3O3/c1-29-16-18-30(19-17-29)27-5-3-4-23-8-11-25(20-26(23)27)34-28(32)31-14-12-22(13-15-31)21-6-9-24(33-2)10-7-21/h3-12,20H,13-19H2,1-2H3. The number of methoxy groups -OCH3 is 1. The van der Waals surface area contributed by atoms with Crippen LogP contribution in [0.3, 0.4) is 0 Å². The first-order chi connectivity index (χ1) is 16.6. The molecule has 0 unspecified atom stereocenters. The third-order valence-electron chi connectivity index (χ3n) is 6.81. The molecule has 0 radical (unpaired) electrons. The minimum Gasteiger partial charge on any atom is -0.497 e. The lowest BCUT2D eigenvalue weighted by Crippen LogP contribution is -2.44. The van der Waals surface area contributed by atoms with Crippen molar-refractivity contribution in [3.05, 3.63) is 72.3 Å². The molecule has 0 N–H and O–H groups in total. The quantitative estimate of drug-likeness (QED) is 0.558. The Morgan fingerprint density at radius 2 is 1.65 bits per heavy atom. The first-order valence-corrected chi connectivity index (χ1v) is 11.9. The molecular weight excluding hydrogens is 426 g/mol. The molecule has 0 bridgehead atoms. The number of ether oxygens (including phenoxy) is 2. The second kappa shape index (κ2) is 9.77. The van der Waals surface area contributed by atoms with Crippen molar-refractivity contribution in [3.8, 4) is 11.5 Å². The summed E-state index contributed by atoms with van der Waals surface area (Å²) in [7, 11) is 3.83. The first-order valence-electron chi connectivity index (χ1n) is 11.9. The van der Waals surface area contributed by atoms with Crippen LogP contribution in [0.25, 0.3) is 16.3 Å². The topological polar surface area (TPSA) is 45.2 Å². The fourth-order valence-corrected chi connectivity index (χ4v) is 4.69. The number of hydrogen-bond donors (Lipinski definition) is 0. The molecule has 2 aliphatic heterocycles. The van der Waals surface area contributed by atoms with E-state index in [2.05, 4.69) is 53.3 Å². The number of rotatable bonds is 4. The molecule has 1 amide bonds. The van der Waals surface area contributed by atoms with E-state index >= 15 is 0 Å². The van der Waals surface area contributed by atoms with Crippen LogP contribution in [0, 0.1) is 0 Å². The maximum absolute atomic E-state index is 12.9. The summed E-state index contributed by atoms with van der Waals surface area (Å²) < 4.78 is 11.0. The number of piperazine rings is 1. The van der Waals surface area contributed by atoms with Crippen LogP contribution in [0.1, 0.15) is 12.0 Å². The Labute approximate surface area is 201 Å². The van der Waals surface area contributed by atoms with Gasteiger partial charge in [0.2, 0.25) is 0 Å². The van der Waals surface area contributed by atoms with Crippen LogP contribution in [0.2, 0.25) is 0 Å². The number of amides is 1. The number of carbonyl (C=O) groups excluding carboxylic acids is 1. The lowest BCUT2D eigenvalue weighted by atomic mass is 9.99. The zero-order valence-corrected chi connectivity index (χ0v) is 19.9. The maximum atomic E-state index is 12.9. The Balaban J connectivity index is 1.28. The third kappa shape index (κ3) is 4.73. The summed E-state index contributed by atoms with van der Waals surface area (Å²) in [6.45, 7) is 5.27. The summed E-state index contributed by atoms with van der Waals surface area (Å²) in [6, 6.07) is 20.3. The summed E-state index contributed by atoms with van der Waals surface area (Å²) in [4.78, 5) is 19.4. The summed E-state index contributed by atoms with van der Waals surface area (Å²) >= 11 is 0. The van der Waals surface area contributed by atoms with Gasteiger partial charge in [0, 0.05) is 50.3 Å². The molecule has 1 fully saturated rings. The van der Waals surface area contributed by atoms with Gasteiger partial charge in [-0.1, -0.05) is 36.4 Å². The highest BCUT2D eigenvalue weighted by Gasteiger charge is 2.21. The molecule has 3 aromatic carbocycles. The van der Waals surface area contributed by atoms with Crippen LogP contribution >= 0.6 is 0 Å². The van der Waals surface area contributed by atoms with E-state index in [-0.39, 0.29) is 6.09 Å². The van der Waals surface area contributed by atoms with Crippen LogP contribution in [-0.4, -0.2) is 69.3 Å². The van der Waals surface area contributed by atoms with Crippen molar-refractivity contribution in [1.29, 1.82) is 0 Å². The molecule has 0 spiro atoms. The Morgan fingerprint density at radius 3 is 2.35 bits per heavy atom. The molecule has 6 heteroatoms. The van der Waals surface area contributed by atoms with Crippen molar-refractivity contribution in [2.45, 2.75) is 6.42 Å². The van der Waals surface area contributed by atoms with Crippen LogP contribution in [-0.2, 0) is 0 Å². The smallest absolute Gasteiger partial charge is 0.415 e. The molecule has 34 heavy (non-hydrogen) atoms. The van der Waals surface area contributed by atoms with Crippen LogP contribution in [0.4, 0.5) is 10.5 Å². The van der Waals surface area contributed by atoms with Crippen molar-refractivity contribution in [1.82, 2.24) is 9.80 Å². The summed E-state index contributed by atoms with van der Waals surface area (Å²) in [5, 5.41) is 2.28. The first kappa shape index (κ1) is 22.3. The fraction of sp³-hybridized carbons (Fsp3) is 0.321. The average molecular weight is 458 g/mol. The van der Waals surface area contributed by atoms with E-state index in [1.165, 1.54) is 16.8 Å². The van der Waals surface area contributed by atoms with Gasteiger partial charge in [-0.3, -0.25) is 0 Å². The average Bonchev–Trinajstić information content (AvgIpc) is 2.89. The maximum Gasteiger partial charge on any atom is 0.415 e. The van der Waals surface area contributed by atoms with E-state index in [0.29, 0.717) is 18.8 Å². The van der Waals surface area contributed by atoms with Crippen LogP contribution < -0.4 is 14.4 Å². The molecular formula is C28H31N3O3. The summed E-state index contributed by atoms with van der Waals surface area (Å²) in [6.07, 6.45) is 2.60. The second-order valence-electron chi connectivity index (χ2n) is 8.97. The summed E-state index contributed by atoms with van der Waals surface area (Å²) in [5.74, 6) is 1.43. The van der Waals surface area contributed by atoms with Crippen LogP contribution in [0.5, 0.6) is 11.5 Å². The van der Waals surface area contributed by atoms with E-state index in [1.54, 1.807) is 12.0 Å². The largest absolute Gasteiger partial charge is 0.497 e. The molecule has 6 nitrogen and oxygen atoms in total. The number of fused-ring (bicyclic) bond motifs is 1. The lowest BCUT2D eigenvalue weighted by molar-refractivity contribution is 0.157. The van der Waals surface area contributed by atoms with Crippen molar-refractivity contribution in [3.63, 3.8) is 0 Å². The number of nitrogens with zero attached hydrogens (tertiary/aromatic N) is 3. The highest BCUT2D eigenvalue weighted by atomic mass is 16.6. The number of carbonyl (C=O) groups is 1. The molecule has 176 valence electrons. The summed E-state index contributed by atoms with van der Waals surface area (Å²) in [5.41, 5.74) is 3.61. The van der Waals surface area contributed by atoms with E-state index in [0.717, 1.165) is 49.1 Å². The van der Waals surface area contributed by atoms with Gasteiger partial charge < -0.3 is 24.2 Å². The molecule has 0 saturated carbocycles. The van der Waals surface area contributed by atoms with Crippen molar-refractivity contribution in [2.24, 2.45) is 0 Å². The van der Waals surface area contributed by atoms with Gasteiger partial charge in [-0.25, -0.2) is 4.79 Å². The molecule has 2 heterocycles. The normalized spacial score (nSPS) is 16.9. The Bertz CT molecular complexity index is 1200. The molecule has 0 aromatic heterocycles. The Kier molecular flexibility index (Phi) is 6.41. The molecule has 3 aromatic rings. The highest BCUT2D eigenvalue weighted by molar-refractivity contribution is 5.95. The van der Waals surface area contributed by atoms with Gasteiger partial charge >= 0.3 is 6.09 Å². The zero-order chi connectivity index (χ0) is 23.5. The van der Waals surface area contributed by atoms with Gasteiger partial charge in [0.25, 0.3) is 0 Å². The molecule has 0 aliphatic carbocycles. The SMILES string of the molecule is COc1ccc(C2=CCN(C(=O)Oc3ccc4cccc(N5CCN(C)CC5)c4c3)CC2)cc1. The molecule has 5 rings (SSSR count). The van der Waals surface area contributed by atoms with Gasteiger partial charge in [0.1, 0.15) is 11.5 Å². The van der Waals surface area contributed by atoms with Crippen molar-refractivity contribution >= 4 is 28.1 Å². The van der Waals surface area contributed by atoms with Gasteiger partial charge in [-0.05, 0) is 60.3 Å². The number of hydrogen-bond acceptors (Lipinski definition) is 5. The van der Waals surface area contributed by atoms with Crippen molar-refractivity contribution in [2.75, 3.05) is 58.3 Å². The van der Waals surface area contributed by atoms with E-state index in [1.807, 2.05) is 30.3 Å². The highest BCUT2D eigenvalue weighted by Crippen LogP contribution is 2.31. The second-order valence-corrected chi connectivity index (χ2v) is 8.97. The van der Waals surface area contributed by atoms with E-state index in [4.69, 9.17) is 9.47 Å². The predicted octanol–water partition coefficient (Wildman–Crippen LogP) is 4.89. The molecule has 0 atom stereocenters.